The van der Waals surface area contributed by atoms with E-state index in [9.17, 15) is 9.59 Å². The van der Waals surface area contributed by atoms with Crippen LogP contribution in [0.25, 0.3) is 43.9 Å². The number of rotatable bonds is 2. The van der Waals surface area contributed by atoms with E-state index in [-0.39, 0.29) is 0 Å². The zero-order valence-corrected chi connectivity index (χ0v) is 17.9. The van der Waals surface area contributed by atoms with Crippen LogP contribution in [0.2, 0.25) is 10.2 Å². The lowest BCUT2D eigenvalue weighted by atomic mass is 10.1. The van der Waals surface area contributed by atoms with Crippen LogP contribution < -0.4 is 0 Å². The molecule has 0 aliphatic rings. The smallest absolute Gasteiger partial charge is 0.150 e. The van der Waals surface area contributed by atoms with E-state index >= 15 is 0 Å². The van der Waals surface area contributed by atoms with Gasteiger partial charge in [-0.3, -0.25) is 9.59 Å². The number of aldehydes is 2. The van der Waals surface area contributed by atoms with Crippen molar-refractivity contribution < 1.29 is 9.59 Å². The Balaban J connectivity index is 0.000000135. The number of nitrogens with zero attached hydrogens (tertiary/aromatic N) is 2. The minimum Gasteiger partial charge on any atom is -0.339 e. The van der Waals surface area contributed by atoms with E-state index < -0.39 is 0 Å². The van der Waals surface area contributed by atoms with Crippen LogP contribution in [0.3, 0.4) is 0 Å². The number of carbonyl (C=O) groups excluding carboxylic acids is 2. The van der Waals surface area contributed by atoms with Crippen LogP contribution in [0.5, 0.6) is 0 Å². The highest BCUT2D eigenvalue weighted by Crippen LogP contribution is 2.30. The van der Waals surface area contributed by atoms with Crippen molar-refractivity contribution in [3.05, 3.63) is 82.1 Å². The fourth-order valence-electron chi connectivity index (χ4n) is 3.71. The van der Waals surface area contributed by atoms with Gasteiger partial charge in [-0.15, -0.1) is 0 Å². The van der Waals surface area contributed by atoms with Crippen molar-refractivity contribution in [2.75, 3.05) is 0 Å². The third-order valence-electron chi connectivity index (χ3n) is 5.19. The number of aromatic nitrogens is 4. The topological polar surface area (TPSA) is 91.5 Å². The number of hydrogen-bond acceptors (Lipinski definition) is 4. The third kappa shape index (κ3) is 3.49. The molecule has 0 spiro atoms. The molecule has 0 radical (unpaired) electrons. The second kappa shape index (κ2) is 8.07. The lowest BCUT2D eigenvalue weighted by molar-refractivity contribution is 0.111. The molecule has 6 aromatic rings. The highest BCUT2D eigenvalue weighted by molar-refractivity contribution is 6.37. The highest BCUT2D eigenvalue weighted by Gasteiger charge is 2.09. The lowest BCUT2D eigenvalue weighted by Crippen LogP contribution is -1.78. The van der Waals surface area contributed by atoms with E-state index in [0.29, 0.717) is 21.3 Å². The molecule has 6 rings (SSSR count). The molecule has 32 heavy (non-hydrogen) atoms. The molecule has 4 aromatic heterocycles. The van der Waals surface area contributed by atoms with Gasteiger partial charge in [-0.1, -0.05) is 23.2 Å². The van der Waals surface area contributed by atoms with Gasteiger partial charge in [-0.05, 0) is 54.6 Å². The first-order chi connectivity index (χ1) is 15.6. The number of hydrogen-bond donors (Lipinski definition) is 2. The van der Waals surface area contributed by atoms with E-state index in [1.807, 2.05) is 30.3 Å². The third-order valence-corrected chi connectivity index (χ3v) is 5.71. The van der Waals surface area contributed by atoms with E-state index in [2.05, 4.69) is 19.9 Å². The van der Waals surface area contributed by atoms with Gasteiger partial charge in [0, 0.05) is 49.9 Å². The Morgan fingerprint density at radius 2 is 1.38 bits per heavy atom. The minimum absolute atomic E-state index is 0.453. The maximum atomic E-state index is 10.7. The molecule has 156 valence electrons. The summed E-state index contributed by atoms with van der Waals surface area (Å²) < 4.78 is 0. The summed E-state index contributed by atoms with van der Waals surface area (Å²) >= 11 is 11.9. The van der Waals surface area contributed by atoms with Crippen molar-refractivity contribution >= 4 is 79.6 Å². The Bertz CT molecular complexity index is 1650. The fourth-order valence-corrected chi connectivity index (χ4v) is 4.11. The van der Waals surface area contributed by atoms with E-state index in [4.69, 9.17) is 23.2 Å². The van der Waals surface area contributed by atoms with Crippen molar-refractivity contribution in [2.45, 2.75) is 0 Å². The van der Waals surface area contributed by atoms with Gasteiger partial charge in [0.25, 0.3) is 0 Å². The first kappa shape index (κ1) is 20.2. The zero-order valence-electron chi connectivity index (χ0n) is 16.4. The normalized spacial score (nSPS) is 11.1. The van der Waals surface area contributed by atoms with Crippen LogP contribution in [0, 0.1) is 0 Å². The molecule has 2 N–H and O–H groups in total. The Kier molecular flexibility index (Phi) is 5.09. The molecule has 0 saturated carbocycles. The van der Waals surface area contributed by atoms with E-state index in [1.54, 1.807) is 30.5 Å². The number of nitrogens with one attached hydrogen (secondary N) is 2. The van der Waals surface area contributed by atoms with Crippen molar-refractivity contribution in [1.29, 1.82) is 0 Å². The van der Waals surface area contributed by atoms with Gasteiger partial charge in [0.2, 0.25) is 0 Å². The van der Waals surface area contributed by atoms with Gasteiger partial charge >= 0.3 is 0 Å². The SMILES string of the molecule is O=Cc1ccc2[nH]c3nc(Cl)ccc3c2c1.O=Cc1ccc2[nH]c3nccc(Cl)c3c2c1. The number of benzene rings is 2. The van der Waals surface area contributed by atoms with Crippen molar-refractivity contribution in [1.82, 2.24) is 19.9 Å². The molecule has 0 unspecified atom stereocenters. The predicted molar refractivity (Wildman–Crippen MR) is 128 cm³/mol. The number of aromatic amines is 2. The fraction of sp³-hybridized carbons (Fsp3) is 0. The van der Waals surface area contributed by atoms with Gasteiger partial charge < -0.3 is 9.97 Å². The monoisotopic (exact) mass is 460 g/mol. The average molecular weight is 461 g/mol. The van der Waals surface area contributed by atoms with Crippen LogP contribution in [-0.4, -0.2) is 32.5 Å². The summed E-state index contributed by atoms with van der Waals surface area (Å²) in [6, 6.07) is 16.3. The average Bonchev–Trinajstić information content (AvgIpc) is 3.36. The summed E-state index contributed by atoms with van der Waals surface area (Å²) in [5.74, 6) is 0. The number of halogens is 2. The summed E-state index contributed by atoms with van der Waals surface area (Å²) in [6.07, 6.45) is 3.31. The molecule has 0 aliphatic heterocycles. The summed E-state index contributed by atoms with van der Waals surface area (Å²) in [5.41, 5.74) is 4.66. The quantitative estimate of drug-likeness (QED) is 0.232. The number of carbonyl (C=O) groups is 2. The van der Waals surface area contributed by atoms with E-state index in [1.165, 1.54) is 0 Å². The molecule has 0 bridgehead atoms. The molecular formula is C24H14Cl2N4O2. The Hall–Kier alpha value is -3.74. The molecule has 0 saturated heterocycles. The van der Waals surface area contributed by atoms with E-state index in [0.717, 1.165) is 56.4 Å². The molecule has 0 aliphatic carbocycles. The first-order valence-electron chi connectivity index (χ1n) is 9.61. The number of fused-ring (bicyclic) bond motifs is 6. The number of pyridine rings is 2. The van der Waals surface area contributed by atoms with Crippen LogP contribution in [0.4, 0.5) is 0 Å². The van der Waals surface area contributed by atoms with Gasteiger partial charge in [-0.2, -0.15) is 0 Å². The second-order valence-corrected chi connectivity index (χ2v) is 7.94. The van der Waals surface area contributed by atoms with Crippen LogP contribution in [0.15, 0.2) is 60.8 Å². The Morgan fingerprint density at radius 1 is 0.719 bits per heavy atom. The molecule has 0 fully saturated rings. The standard InChI is InChI=1S/2C12H7ClN2O/c13-11-4-2-8-9-5-7(6-16)1-3-10(9)14-12(8)15-11;13-9-3-4-14-12-11(9)8-5-7(6-16)1-2-10(8)15-12/h2*1-6H,(H,14,15). The summed E-state index contributed by atoms with van der Waals surface area (Å²) in [4.78, 5) is 36.2. The lowest BCUT2D eigenvalue weighted by Gasteiger charge is -1.94. The zero-order chi connectivity index (χ0) is 22.2. The maximum absolute atomic E-state index is 10.7. The Morgan fingerprint density at radius 3 is 2.09 bits per heavy atom. The van der Waals surface area contributed by atoms with Crippen LogP contribution >= 0.6 is 23.2 Å². The summed E-state index contributed by atoms with van der Waals surface area (Å²) in [7, 11) is 0. The maximum Gasteiger partial charge on any atom is 0.150 e. The summed E-state index contributed by atoms with van der Waals surface area (Å²) in [6.45, 7) is 0. The van der Waals surface area contributed by atoms with Gasteiger partial charge in [-0.25, -0.2) is 9.97 Å². The first-order valence-corrected chi connectivity index (χ1v) is 10.4. The molecule has 4 heterocycles. The molecule has 2 aromatic carbocycles. The van der Waals surface area contributed by atoms with Gasteiger partial charge in [0.15, 0.2) is 0 Å². The molecule has 0 atom stereocenters. The Labute approximate surface area is 191 Å². The largest absolute Gasteiger partial charge is 0.339 e. The molecule has 8 heteroatoms. The number of H-pyrrole nitrogens is 2. The second-order valence-electron chi connectivity index (χ2n) is 7.14. The summed E-state index contributed by atoms with van der Waals surface area (Å²) in [5, 5.41) is 4.85. The van der Waals surface area contributed by atoms with Crippen molar-refractivity contribution in [3.63, 3.8) is 0 Å². The van der Waals surface area contributed by atoms with Crippen LogP contribution in [0.1, 0.15) is 20.7 Å². The van der Waals surface area contributed by atoms with Crippen molar-refractivity contribution in [2.24, 2.45) is 0 Å². The van der Waals surface area contributed by atoms with Crippen LogP contribution in [-0.2, 0) is 0 Å². The van der Waals surface area contributed by atoms with Gasteiger partial charge in [0.1, 0.15) is 29.0 Å². The van der Waals surface area contributed by atoms with Crippen molar-refractivity contribution in [3.8, 4) is 0 Å². The predicted octanol–water partition coefficient (Wildman–Crippen LogP) is 6.36. The molecule has 6 nitrogen and oxygen atoms in total. The van der Waals surface area contributed by atoms with Gasteiger partial charge in [0.05, 0.1) is 5.02 Å². The molecule has 0 amide bonds. The highest BCUT2D eigenvalue weighted by atomic mass is 35.5. The molecular weight excluding hydrogens is 447 g/mol. The minimum atomic E-state index is 0.453.